The molecule has 3 rings (SSSR count). The molecule has 0 amide bonds. The standard InChI is InChI=1S/C18H15ClN2O7S/c1-3-27-18(22)17-10(2)28-16-7-4-11(8-13(16)17)20-29(25,26)12-5-6-14(19)15(9-12)21(23)24/h4-9,20H,3H2,1-2H3. The molecule has 0 aliphatic rings. The van der Waals surface area contributed by atoms with E-state index in [0.717, 1.165) is 18.2 Å². The van der Waals surface area contributed by atoms with Gasteiger partial charge in [0.1, 0.15) is 21.9 Å². The second-order valence-corrected chi connectivity index (χ2v) is 8.03. The van der Waals surface area contributed by atoms with Gasteiger partial charge in [-0.05, 0) is 44.2 Å². The van der Waals surface area contributed by atoms with Gasteiger partial charge < -0.3 is 9.15 Å². The number of carbonyl (C=O) groups is 1. The molecule has 0 spiro atoms. The summed E-state index contributed by atoms with van der Waals surface area (Å²) in [5, 5.41) is 11.2. The SMILES string of the molecule is CCOC(=O)c1c(C)oc2ccc(NS(=O)(=O)c3ccc(Cl)c([N+](=O)[O-])c3)cc12. The molecule has 29 heavy (non-hydrogen) atoms. The van der Waals surface area contributed by atoms with Crippen LogP contribution in [0.2, 0.25) is 5.02 Å². The number of halogens is 1. The van der Waals surface area contributed by atoms with Crippen molar-refractivity contribution in [3.8, 4) is 0 Å². The summed E-state index contributed by atoms with van der Waals surface area (Å²) in [5.74, 6) is -0.246. The maximum absolute atomic E-state index is 12.7. The molecule has 9 nitrogen and oxygen atoms in total. The normalized spacial score (nSPS) is 11.4. The first-order valence-corrected chi connectivity index (χ1v) is 10.2. The van der Waals surface area contributed by atoms with E-state index in [0.29, 0.717) is 16.7 Å². The quantitative estimate of drug-likeness (QED) is 0.345. The van der Waals surface area contributed by atoms with Crippen molar-refractivity contribution in [2.75, 3.05) is 11.3 Å². The number of nitro groups is 1. The van der Waals surface area contributed by atoms with Crippen LogP contribution < -0.4 is 4.72 Å². The van der Waals surface area contributed by atoms with Crippen molar-refractivity contribution in [3.63, 3.8) is 0 Å². The fraction of sp³-hybridized carbons (Fsp3) is 0.167. The lowest BCUT2D eigenvalue weighted by Crippen LogP contribution is -2.13. The molecule has 2 aromatic carbocycles. The smallest absolute Gasteiger partial charge is 0.342 e. The van der Waals surface area contributed by atoms with E-state index in [1.165, 1.54) is 18.2 Å². The van der Waals surface area contributed by atoms with Gasteiger partial charge in [-0.15, -0.1) is 0 Å². The second-order valence-electron chi connectivity index (χ2n) is 5.94. The zero-order chi connectivity index (χ0) is 21.3. The summed E-state index contributed by atoms with van der Waals surface area (Å²) in [6.45, 7) is 3.44. The van der Waals surface area contributed by atoms with Crippen molar-refractivity contribution in [1.82, 2.24) is 0 Å². The maximum atomic E-state index is 12.7. The summed E-state index contributed by atoms with van der Waals surface area (Å²) in [6, 6.07) is 7.54. The number of fused-ring (bicyclic) bond motifs is 1. The van der Waals surface area contributed by atoms with Crippen LogP contribution in [0.4, 0.5) is 11.4 Å². The molecule has 1 N–H and O–H groups in total. The van der Waals surface area contributed by atoms with Crippen LogP contribution in [0.5, 0.6) is 0 Å². The van der Waals surface area contributed by atoms with E-state index in [4.69, 9.17) is 20.8 Å². The number of furan rings is 1. The van der Waals surface area contributed by atoms with Crippen LogP contribution in [0.1, 0.15) is 23.0 Å². The Labute approximate surface area is 170 Å². The largest absolute Gasteiger partial charge is 0.462 e. The average Bonchev–Trinajstić information content (AvgIpc) is 2.96. The number of sulfonamides is 1. The van der Waals surface area contributed by atoms with Crippen LogP contribution in [-0.4, -0.2) is 25.9 Å². The third kappa shape index (κ3) is 4.03. The number of nitrogens with one attached hydrogen (secondary N) is 1. The van der Waals surface area contributed by atoms with Crippen LogP contribution in [0.15, 0.2) is 45.7 Å². The van der Waals surface area contributed by atoms with Crippen molar-refractivity contribution in [2.24, 2.45) is 0 Å². The van der Waals surface area contributed by atoms with Gasteiger partial charge in [0, 0.05) is 17.1 Å². The van der Waals surface area contributed by atoms with E-state index in [9.17, 15) is 23.3 Å². The Hall–Kier alpha value is -3.11. The number of hydrogen-bond acceptors (Lipinski definition) is 7. The highest BCUT2D eigenvalue weighted by Crippen LogP contribution is 2.31. The number of aryl methyl sites for hydroxylation is 1. The molecule has 0 radical (unpaired) electrons. The summed E-state index contributed by atoms with van der Waals surface area (Å²) in [4.78, 5) is 22.1. The lowest BCUT2D eigenvalue weighted by Gasteiger charge is -2.09. The minimum atomic E-state index is -4.15. The number of esters is 1. The zero-order valence-corrected chi connectivity index (χ0v) is 16.8. The summed E-state index contributed by atoms with van der Waals surface area (Å²) in [7, 11) is -4.15. The number of nitro benzene ring substituents is 1. The highest BCUT2D eigenvalue weighted by molar-refractivity contribution is 7.92. The lowest BCUT2D eigenvalue weighted by atomic mass is 10.1. The molecule has 1 aromatic heterocycles. The molecular weight excluding hydrogens is 424 g/mol. The number of hydrogen-bond donors (Lipinski definition) is 1. The van der Waals surface area contributed by atoms with Crippen molar-refractivity contribution in [1.29, 1.82) is 0 Å². The lowest BCUT2D eigenvalue weighted by molar-refractivity contribution is -0.384. The summed E-state index contributed by atoms with van der Waals surface area (Å²) in [6.07, 6.45) is 0. The molecule has 0 unspecified atom stereocenters. The van der Waals surface area contributed by atoms with Gasteiger partial charge in [0.05, 0.1) is 16.4 Å². The first-order chi connectivity index (χ1) is 13.6. The highest BCUT2D eigenvalue weighted by Gasteiger charge is 2.23. The van der Waals surface area contributed by atoms with E-state index in [-0.39, 0.29) is 27.8 Å². The number of benzene rings is 2. The van der Waals surface area contributed by atoms with E-state index >= 15 is 0 Å². The van der Waals surface area contributed by atoms with Crippen molar-refractivity contribution in [2.45, 2.75) is 18.7 Å². The first-order valence-electron chi connectivity index (χ1n) is 8.31. The highest BCUT2D eigenvalue weighted by atomic mass is 35.5. The number of carbonyl (C=O) groups excluding carboxylic acids is 1. The Morgan fingerprint density at radius 2 is 2.00 bits per heavy atom. The van der Waals surface area contributed by atoms with Crippen LogP contribution in [0, 0.1) is 17.0 Å². The minimum absolute atomic E-state index is 0.140. The van der Waals surface area contributed by atoms with Gasteiger partial charge in [-0.2, -0.15) is 0 Å². The maximum Gasteiger partial charge on any atom is 0.342 e. The molecule has 0 atom stereocenters. The number of rotatable bonds is 6. The van der Waals surface area contributed by atoms with Crippen LogP contribution in [-0.2, 0) is 14.8 Å². The molecule has 0 saturated carbocycles. The molecule has 1 heterocycles. The van der Waals surface area contributed by atoms with Gasteiger partial charge in [0.2, 0.25) is 0 Å². The Bertz CT molecular complexity index is 1230. The van der Waals surface area contributed by atoms with E-state index in [1.54, 1.807) is 13.8 Å². The molecule has 0 saturated heterocycles. The van der Waals surface area contributed by atoms with E-state index in [2.05, 4.69) is 4.72 Å². The van der Waals surface area contributed by atoms with Crippen molar-refractivity contribution in [3.05, 3.63) is 62.9 Å². The fourth-order valence-corrected chi connectivity index (χ4v) is 4.01. The van der Waals surface area contributed by atoms with Crippen LogP contribution in [0.25, 0.3) is 11.0 Å². The van der Waals surface area contributed by atoms with E-state index in [1.807, 2.05) is 0 Å². The van der Waals surface area contributed by atoms with Gasteiger partial charge in [0.25, 0.3) is 15.7 Å². The van der Waals surface area contributed by atoms with Gasteiger partial charge in [-0.3, -0.25) is 14.8 Å². The molecule has 0 fully saturated rings. The number of anilines is 1. The Balaban J connectivity index is 2.01. The Morgan fingerprint density at radius 3 is 2.66 bits per heavy atom. The number of nitrogens with zero attached hydrogens (tertiary/aromatic N) is 1. The van der Waals surface area contributed by atoms with Gasteiger partial charge in [-0.1, -0.05) is 11.6 Å². The van der Waals surface area contributed by atoms with E-state index < -0.39 is 26.6 Å². The third-order valence-electron chi connectivity index (χ3n) is 4.02. The van der Waals surface area contributed by atoms with Gasteiger partial charge in [0.15, 0.2) is 0 Å². The summed E-state index contributed by atoms with van der Waals surface area (Å²) >= 11 is 5.73. The molecular formula is C18H15ClN2O7S. The van der Waals surface area contributed by atoms with Crippen LogP contribution >= 0.6 is 11.6 Å². The third-order valence-corrected chi connectivity index (χ3v) is 5.72. The van der Waals surface area contributed by atoms with Crippen molar-refractivity contribution < 1.29 is 27.3 Å². The Morgan fingerprint density at radius 1 is 1.28 bits per heavy atom. The summed E-state index contributed by atoms with van der Waals surface area (Å²) < 4.78 is 38.2. The predicted molar refractivity (Wildman–Crippen MR) is 106 cm³/mol. The monoisotopic (exact) mass is 438 g/mol. The molecule has 0 bridgehead atoms. The first kappa shape index (κ1) is 20.6. The molecule has 0 aliphatic carbocycles. The predicted octanol–water partition coefficient (Wildman–Crippen LogP) is 4.28. The van der Waals surface area contributed by atoms with Crippen molar-refractivity contribution >= 4 is 49.9 Å². The second kappa shape index (κ2) is 7.72. The molecule has 0 aliphatic heterocycles. The van der Waals surface area contributed by atoms with Gasteiger partial charge >= 0.3 is 5.97 Å². The summed E-state index contributed by atoms with van der Waals surface area (Å²) in [5.41, 5.74) is 0.196. The molecule has 152 valence electrons. The Kier molecular flexibility index (Phi) is 5.49. The van der Waals surface area contributed by atoms with Crippen LogP contribution in [0.3, 0.4) is 0 Å². The minimum Gasteiger partial charge on any atom is -0.462 e. The van der Waals surface area contributed by atoms with Gasteiger partial charge in [-0.25, -0.2) is 13.2 Å². The average molecular weight is 439 g/mol. The fourth-order valence-electron chi connectivity index (χ4n) is 2.75. The molecule has 11 heteroatoms. The zero-order valence-electron chi connectivity index (χ0n) is 15.3. The molecule has 3 aromatic rings. The number of ether oxygens (including phenoxy) is 1. The topological polar surface area (TPSA) is 129 Å².